The van der Waals surface area contributed by atoms with Gasteiger partial charge in [-0.15, -0.1) is 0 Å². The molecule has 1 aliphatic carbocycles. The van der Waals surface area contributed by atoms with Gasteiger partial charge in [0.05, 0.1) is 0 Å². The molecule has 84 valence electrons. The predicted octanol–water partition coefficient (Wildman–Crippen LogP) is 2.84. The Kier molecular flexibility index (Phi) is 2.46. The second kappa shape index (κ2) is 3.96. The lowest BCUT2D eigenvalue weighted by Crippen LogP contribution is -2.15. The van der Waals surface area contributed by atoms with Gasteiger partial charge in [0.25, 0.3) is 0 Å². The molecule has 16 heavy (non-hydrogen) atoms. The highest BCUT2D eigenvalue weighted by Crippen LogP contribution is 2.28. The quantitative estimate of drug-likeness (QED) is 0.890. The van der Waals surface area contributed by atoms with Crippen molar-refractivity contribution in [3.8, 4) is 11.5 Å². The summed E-state index contributed by atoms with van der Waals surface area (Å²) in [6.07, 6.45) is 3.93. The molecule has 0 saturated heterocycles. The molecule has 1 saturated carbocycles. The van der Waals surface area contributed by atoms with E-state index < -0.39 is 0 Å². The molecular formula is C11H11ClN2O2. The topological polar surface area (TPSA) is 51.2 Å². The van der Waals surface area contributed by atoms with E-state index in [0.29, 0.717) is 29.3 Å². The van der Waals surface area contributed by atoms with Crippen molar-refractivity contribution >= 4 is 11.6 Å². The van der Waals surface area contributed by atoms with Crippen molar-refractivity contribution in [2.24, 2.45) is 0 Å². The molecule has 0 radical (unpaired) electrons. The van der Waals surface area contributed by atoms with E-state index in [1.54, 1.807) is 12.1 Å². The van der Waals surface area contributed by atoms with E-state index in [1.807, 2.05) is 0 Å². The fourth-order valence-electron chi connectivity index (χ4n) is 1.56. The molecule has 2 aromatic rings. The highest BCUT2D eigenvalue weighted by Gasteiger charge is 2.22. The second-order valence-corrected chi connectivity index (χ2v) is 4.26. The Bertz CT molecular complexity index is 488. The molecule has 1 N–H and O–H groups in total. The van der Waals surface area contributed by atoms with E-state index in [2.05, 4.69) is 10.3 Å². The summed E-state index contributed by atoms with van der Waals surface area (Å²) in [4.78, 5) is 4.17. The van der Waals surface area contributed by atoms with Crippen molar-refractivity contribution in [1.29, 1.82) is 0 Å². The van der Waals surface area contributed by atoms with Crippen LogP contribution in [0.3, 0.4) is 0 Å². The minimum Gasteiger partial charge on any atom is -0.441 e. The minimum atomic E-state index is 0.354. The van der Waals surface area contributed by atoms with Crippen LogP contribution in [0.4, 0.5) is 0 Å². The van der Waals surface area contributed by atoms with Crippen LogP contribution in [0.2, 0.25) is 5.22 Å². The molecule has 2 heterocycles. The molecule has 0 bridgehead atoms. The second-order valence-electron chi connectivity index (χ2n) is 3.89. The molecule has 5 heteroatoms. The summed E-state index contributed by atoms with van der Waals surface area (Å²) >= 11 is 5.72. The zero-order valence-electron chi connectivity index (χ0n) is 8.57. The Labute approximate surface area is 97.6 Å². The van der Waals surface area contributed by atoms with Gasteiger partial charge in [-0.2, -0.15) is 0 Å². The molecule has 0 spiro atoms. The van der Waals surface area contributed by atoms with Gasteiger partial charge in [-0.05, 0) is 36.6 Å². The summed E-state index contributed by atoms with van der Waals surface area (Å²) in [5, 5.41) is 3.73. The van der Waals surface area contributed by atoms with Crippen molar-refractivity contribution in [2.45, 2.75) is 25.4 Å². The number of aromatic nitrogens is 1. The summed E-state index contributed by atoms with van der Waals surface area (Å²) in [5.74, 6) is 1.27. The van der Waals surface area contributed by atoms with Gasteiger partial charge in [-0.25, -0.2) is 4.98 Å². The van der Waals surface area contributed by atoms with Gasteiger partial charge in [0.2, 0.25) is 0 Å². The summed E-state index contributed by atoms with van der Waals surface area (Å²) in [7, 11) is 0. The SMILES string of the molecule is Clc1ccc(-c2ocnc2CNC2CC2)o1. The van der Waals surface area contributed by atoms with Crippen LogP contribution in [-0.4, -0.2) is 11.0 Å². The first-order valence-electron chi connectivity index (χ1n) is 5.24. The highest BCUT2D eigenvalue weighted by atomic mass is 35.5. The zero-order valence-corrected chi connectivity index (χ0v) is 9.33. The number of oxazole rings is 1. The Morgan fingerprint density at radius 2 is 2.31 bits per heavy atom. The first kappa shape index (κ1) is 9.93. The molecule has 0 unspecified atom stereocenters. The molecule has 1 aliphatic rings. The van der Waals surface area contributed by atoms with Crippen molar-refractivity contribution in [3.05, 3.63) is 29.4 Å². The molecule has 4 nitrogen and oxygen atoms in total. The first-order chi connectivity index (χ1) is 7.83. The van der Waals surface area contributed by atoms with Gasteiger partial charge in [0.15, 0.2) is 23.1 Å². The monoisotopic (exact) mass is 238 g/mol. The first-order valence-corrected chi connectivity index (χ1v) is 5.62. The summed E-state index contributed by atoms with van der Waals surface area (Å²) in [6, 6.07) is 4.12. The van der Waals surface area contributed by atoms with E-state index in [1.165, 1.54) is 19.2 Å². The van der Waals surface area contributed by atoms with Crippen LogP contribution in [0.5, 0.6) is 0 Å². The minimum absolute atomic E-state index is 0.354. The van der Waals surface area contributed by atoms with Crippen LogP contribution in [-0.2, 0) is 6.54 Å². The van der Waals surface area contributed by atoms with Crippen molar-refractivity contribution < 1.29 is 8.83 Å². The van der Waals surface area contributed by atoms with Crippen molar-refractivity contribution in [3.63, 3.8) is 0 Å². The molecule has 3 rings (SSSR count). The predicted molar refractivity (Wildman–Crippen MR) is 59.1 cm³/mol. The van der Waals surface area contributed by atoms with Crippen LogP contribution < -0.4 is 5.32 Å². The third-order valence-corrected chi connectivity index (χ3v) is 2.78. The smallest absolute Gasteiger partial charge is 0.194 e. The summed E-state index contributed by atoms with van der Waals surface area (Å²) < 4.78 is 10.6. The van der Waals surface area contributed by atoms with Crippen LogP contribution >= 0.6 is 11.6 Å². The van der Waals surface area contributed by atoms with Crippen LogP contribution in [0.25, 0.3) is 11.5 Å². The fraction of sp³-hybridized carbons (Fsp3) is 0.364. The van der Waals surface area contributed by atoms with E-state index in [9.17, 15) is 0 Å². The van der Waals surface area contributed by atoms with Gasteiger partial charge in [0.1, 0.15) is 5.69 Å². The maximum atomic E-state index is 5.72. The van der Waals surface area contributed by atoms with E-state index in [0.717, 1.165) is 5.69 Å². The number of halogens is 1. The number of hydrogen-bond donors (Lipinski definition) is 1. The number of nitrogens with one attached hydrogen (secondary N) is 1. The Balaban J connectivity index is 1.80. The van der Waals surface area contributed by atoms with Gasteiger partial charge in [-0.1, -0.05) is 0 Å². The highest BCUT2D eigenvalue weighted by molar-refractivity contribution is 6.28. The van der Waals surface area contributed by atoms with Crippen molar-refractivity contribution in [2.75, 3.05) is 0 Å². The van der Waals surface area contributed by atoms with Gasteiger partial charge >= 0.3 is 0 Å². The van der Waals surface area contributed by atoms with Gasteiger partial charge < -0.3 is 14.2 Å². The van der Waals surface area contributed by atoms with E-state index >= 15 is 0 Å². The average Bonchev–Trinajstić information content (AvgIpc) is 2.82. The summed E-state index contributed by atoms with van der Waals surface area (Å²) in [6.45, 7) is 0.703. The van der Waals surface area contributed by atoms with Crippen LogP contribution in [0.15, 0.2) is 27.4 Å². The third kappa shape index (κ3) is 1.99. The number of nitrogens with zero attached hydrogens (tertiary/aromatic N) is 1. The van der Waals surface area contributed by atoms with Crippen LogP contribution in [0, 0.1) is 0 Å². The van der Waals surface area contributed by atoms with E-state index in [4.69, 9.17) is 20.4 Å². The lowest BCUT2D eigenvalue weighted by molar-refractivity contribution is 0.519. The lowest BCUT2D eigenvalue weighted by Gasteiger charge is -1.99. The normalized spacial score (nSPS) is 15.6. The molecule has 2 aromatic heterocycles. The Hall–Kier alpha value is -1.26. The van der Waals surface area contributed by atoms with Gasteiger partial charge in [-0.3, -0.25) is 0 Å². The molecule has 0 amide bonds. The lowest BCUT2D eigenvalue weighted by atomic mass is 10.3. The molecular weight excluding hydrogens is 228 g/mol. The number of rotatable bonds is 4. The fourth-order valence-corrected chi connectivity index (χ4v) is 1.71. The van der Waals surface area contributed by atoms with E-state index in [-0.39, 0.29) is 0 Å². The average molecular weight is 239 g/mol. The Morgan fingerprint density at radius 1 is 1.44 bits per heavy atom. The Morgan fingerprint density at radius 3 is 3.00 bits per heavy atom. The standard InChI is InChI=1S/C11H11ClN2O2/c12-10-4-3-9(16-10)11-8(14-6-15-11)5-13-7-1-2-7/h3-4,6-7,13H,1-2,5H2. The summed E-state index contributed by atoms with van der Waals surface area (Å²) in [5.41, 5.74) is 0.859. The largest absolute Gasteiger partial charge is 0.441 e. The molecule has 0 aromatic carbocycles. The number of furan rings is 1. The maximum Gasteiger partial charge on any atom is 0.194 e. The van der Waals surface area contributed by atoms with Crippen LogP contribution in [0.1, 0.15) is 18.5 Å². The molecule has 0 aliphatic heterocycles. The van der Waals surface area contributed by atoms with Crippen molar-refractivity contribution in [1.82, 2.24) is 10.3 Å². The maximum absolute atomic E-state index is 5.72. The number of hydrogen-bond acceptors (Lipinski definition) is 4. The van der Waals surface area contributed by atoms with Gasteiger partial charge in [0, 0.05) is 12.6 Å². The zero-order chi connectivity index (χ0) is 11.0. The molecule has 1 fully saturated rings. The molecule has 0 atom stereocenters. The third-order valence-electron chi connectivity index (χ3n) is 2.57.